The van der Waals surface area contributed by atoms with Crippen LogP contribution in [0.3, 0.4) is 0 Å². The molecule has 0 saturated carbocycles. The lowest BCUT2D eigenvalue weighted by Gasteiger charge is -2.32. The molecular weight excluding hydrogens is 502 g/mol. The Hall–Kier alpha value is -2.94. The number of rotatable bonds is 10. The molecule has 3 rings (SSSR count). The van der Waals surface area contributed by atoms with Crippen LogP contribution in [0.4, 0.5) is 10.6 Å². The van der Waals surface area contributed by atoms with Crippen molar-refractivity contribution in [3.8, 4) is 0 Å². The number of hydrogen-bond acceptors (Lipinski definition) is 7. The van der Waals surface area contributed by atoms with Gasteiger partial charge in [-0.1, -0.05) is 37.3 Å². The zero-order valence-electron chi connectivity index (χ0n) is 23.2. The standard InChI is InChI=1S/C29H41N3O5S/c1-21-14-17-32(18-15-21)27-25(11-6-22(2)30-27)12-13-26(33)20-24-9-7-23(8-10-24)16-19-38(35,36)31-28(34)37-29(3,4)5/h6-11,21H,12-20H2,1-5H3,(H,31,34). The molecule has 1 aliphatic heterocycles. The van der Waals surface area contributed by atoms with Crippen LogP contribution in [0.1, 0.15) is 69.3 Å². The number of aromatic nitrogens is 1. The van der Waals surface area contributed by atoms with Crippen LogP contribution in [0.15, 0.2) is 36.4 Å². The first-order valence-electron chi connectivity index (χ1n) is 13.3. The van der Waals surface area contributed by atoms with E-state index < -0.39 is 21.7 Å². The van der Waals surface area contributed by atoms with Gasteiger partial charge < -0.3 is 9.64 Å². The molecule has 0 bridgehead atoms. The highest BCUT2D eigenvalue weighted by Gasteiger charge is 2.22. The van der Waals surface area contributed by atoms with Gasteiger partial charge in [-0.25, -0.2) is 22.9 Å². The molecule has 8 nitrogen and oxygen atoms in total. The van der Waals surface area contributed by atoms with Gasteiger partial charge >= 0.3 is 6.09 Å². The van der Waals surface area contributed by atoms with Crippen molar-refractivity contribution in [2.75, 3.05) is 23.7 Å². The molecule has 1 aromatic heterocycles. The minimum atomic E-state index is -3.82. The first kappa shape index (κ1) is 29.6. The molecule has 2 aromatic rings. The molecule has 0 aliphatic carbocycles. The number of nitrogens with zero attached hydrogens (tertiary/aromatic N) is 2. The Bertz CT molecular complexity index is 1210. The number of carbonyl (C=O) groups excluding carboxylic acids is 2. The third-order valence-electron chi connectivity index (χ3n) is 6.57. The number of carbonyl (C=O) groups is 2. The third-order valence-corrected chi connectivity index (χ3v) is 7.79. The zero-order valence-corrected chi connectivity index (χ0v) is 24.1. The van der Waals surface area contributed by atoms with E-state index in [-0.39, 0.29) is 18.0 Å². The number of aryl methyl sites for hydroxylation is 3. The molecule has 1 fully saturated rings. The summed E-state index contributed by atoms with van der Waals surface area (Å²) in [4.78, 5) is 31.7. The van der Waals surface area contributed by atoms with Crippen LogP contribution in [0.5, 0.6) is 0 Å². The van der Waals surface area contributed by atoms with Crippen molar-refractivity contribution in [2.24, 2.45) is 5.92 Å². The molecule has 1 aliphatic rings. The fourth-order valence-corrected chi connectivity index (χ4v) is 5.31. The maximum absolute atomic E-state index is 12.8. The van der Waals surface area contributed by atoms with Crippen molar-refractivity contribution in [1.29, 1.82) is 0 Å². The summed E-state index contributed by atoms with van der Waals surface area (Å²) in [6, 6.07) is 11.5. The Morgan fingerprint density at radius 1 is 1.03 bits per heavy atom. The summed E-state index contributed by atoms with van der Waals surface area (Å²) < 4.78 is 31.3. The van der Waals surface area contributed by atoms with Crippen molar-refractivity contribution in [1.82, 2.24) is 9.71 Å². The number of ether oxygens (including phenoxy) is 1. The molecular formula is C29H41N3O5S. The summed E-state index contributed by atoms with van der Waals surface area (Å²) in [6.07, 6.45) is 3.02. The van der Waals surface area contributed by atoms with E-state index >= 15 is 0 Å². The molecule has 0 unspecified atom stereocenters. The molecule has 1 saturated heterocycles. The third kappa shape index (κ3) is 9.74. The first-order chi connectivity index (χ1) is 17.8. The summed E-state index contributed by atoms with van der Waals surface area (Å²) in [5.41, 5.74) is 3.03. The highest BCUT2D eigenvalue weighted by atomic mass is 32.2. The normalized spacial score (nSPS) is 14.8. The number of ketones is 1. The number of piperidine rings is 1. The Balaban J connectivity index is 1.49. The molecule has 9 heteroatoms. The number of amides is 1. The second-order valence-corrected chi connectivity index (χ2v) is 13.2. The molecule has 208 valence electrons. The zero-order chi connectivity index (χ0) is 27.9. The lowest BCUT2D eigenvalue weighted by molar-refractivity contribution is -0.118. The number of nitrogens with one attached hydrogen (secondary N) is 1. The second-order valence-electron chi connectivity index (χ2n) is 11.3. The van der Waals surface area contributed by atoms with Crippen molar-refractivity contribution in [3.05, 3.63) is 58.8 Å². The quantitative estimate of drug-likeness (QED) is 0.460. The van der Waals surface area contributed by atoms with Gasteiger partial charge in [-0.3, -0.25) is 4.79 Å². The van der Waals surface area contributed by atoms with E-state index in [1.807, 2.05) is 42.0 Å². The van der Waals surface area contributed by atoms with Gasteiger partial charge in [0.25, 0.3) is 0 Å². The lowest BCUT2D eigenvalue weighted by Crippen LogP contribution is -2.37. The fourth-order valence-electron chi connectivity index (χ4n) is 4.40. The fraction of sp³-hybridized carbons (Fsp3) is 0.552. The number of anilines is 1. The minimum absolute atomic E-state index is 0.153. The maximum Gasteiger partial charge on any atom is 0.421 e. The van der Waals surface area contributed by atoms with E-state index in [2.05, 4.69) is 17.9 Å². The van der Waals surface area contributed by atoms with E-state index in [4.69, 9.17) is 9.72 Å². The van der Waals surface area contributed by atoms with Gasteiger partial charge in [-0.2, -0.15) is 0 Å². The van der Waals surface area contributed by atoms with E-state index in [1.54, 1.807) is 20.8 Å². The van der Waals surface area contributed by atoms with Crippen molar-refractivity contribution in [2.45, 2.75) is 78.7 Å². The molecule has 1 amide bonds. The van der Waals surface area contributed by atoms with Crippen LogP contribution in [0.25, 0.3) is 0 Å². The van der Waals surface area contributed by atoms with Crippen LogP contribution in [-0.2, 0) is 38.8 Å². The summed E-state index contributed by atoms with van der Waals surface area (Å²) in [7, 11) is -3.82. The smallest absolute Gasteiger partial charge is 0.421 e. The molecule has 38 heavy (non-hydrogen) atoms. The van der Waals surface area contributed by atoms with Crippen LogP contribution < -0.4 is 9.62 Å². The van der Waals surface area contributed by atoms with Crippen LogP contribution in [-0.4, -0.2) is 49.7 Å². The van der Waals surface area contributed by atoms with Crippen LogP contribution >= 0.6 is 0 Å². The number of sulfonamides is 1. The van der Waals surface area contributed by atoms with Gasteiger partial charge in [0.15, 0.2) is 0 Å². The predicted molar refractivity (Wildman–Crippen MR) is 150 cm³/mol. The van der Waals surface area contributed by atoms with E-state index in [0.29, 0.717) is 19.3 Å². The van der Waals surface area contributed by atoms with E-state index in [0.717, 1.165) is 60.1 Å². The first-order valence-corrected chi connectivity index (χ1v) is 15.0. The van der Waals surface area contributed by atoms with Crippen LogP contribution in [0, 0.1) is 12.8 Å². The summed E-state index contributed by atoms with van der Waals surface area (Å²) in [6.45, 7) is 11.3. The number of benzene rings is 1. The van der Waals surface area contributed by atoms with E-state index in [1.165, 1.54) is 0 Å². The molecule has 1 aromatic carbocycles. The average Bonchev–Trinajstić information content (AvgIpc) is 2.82. The monoisotopic (exact) mass is 543 g/mol. The second kappa shape index (κ2) is 12.7. The van der Waals surface area contributed by atoms with Gasteiger partial charge in [-0.15, -0.1) is 0 Å². The topological polar surface area (TPSA) is 106 Å². The number of pyridine rings is 1. The predicted octanol–water partition coefficient (Wildman–Crippen LogP) is 4.77. The van der Waals surface area contributed by atoms with Crippen molar-refractivity contribution < 1.29 is 22.7 Å². The molecule has 0 atom stereocenters. The van der Waals surface area contributed by atoms with Crippen molar-refractivity contribution >= 4 is 27.7 Å². The summed E-state index contributed by atoms with van der Waals surface area (Å²) in [5, 5.41) is 0. The lowest BCUT2D eigenvalue weighted by atomic mass is 9.98. The van der Waals surface area contributed by atoms with Gasteiger partial charge in [0.05, 0.1) is 5.75 Å². The summed E-state index contributed by atoms with van der Waals surface area (Å²) >= 11 is 0. The van der Waals surface area contributed by atoms with Crippen LogP contribution in [0.2, 0.25) is 0 Å². The summed E-state index contributed by atoms with van der Waals surface area (Å²) in [5.74, 6) is 1.67. The average molecular weight is 544 g/mol. The Labute approximate surface area is 227 Å². The SMILES string of the molecule is Cc1ccc(CCC(=O)Cc2ccc(CCS(=O)(=O)NC(=O)OC(C)(C)C)cc2)c(N2CCC(C)CC2)n1. The van der Waals surface area contributed by atoms with Gasteiger partial charge in [0.2, 0.25) is 10.0 Å². The maximum atomic E-state index is 12.8. The Morgan fingerprint density at radius 3 is 2.29 bits per heavy atom. The Morgan fingerprint density at radius 2 is 1.66 bits per heavy atom. The van der Waals surface area contributed by atoms with Gasteiger partial charge in [0.1, 0.15) is 17.2 Å². The molecule has 2 heterocycles. The van der Waals surface area contributed by atoms with Gasteiger partial charge in [-0.05, 0) is 82.1 Å². The van der Waals surface area contributed by atoms with Gasteiger partial charge in [0, 0.05) is 31.6 Å². The molecule has 1 N–H and O–H groups in total. The van der Waals surface area contributed by atoms with E-state index in [9.17, 15) is 18.0 Å². The largest absolute Gasteiger partial charge is 0.443 e. The molecule has 0 spiro atoms. The molecule has 0 radical (unpaired) electrons. The highest BCUT2D eigenvalue weighted by molar-refractivity contribution is 7.90. The number of Topliss-reactive ketones (excluding diaryl/α,β-unsaturated/α-hetero) is 1. The Kier molecular flexibility index (Phi) is 9.93. The number of hydrogen-bond donors (Lipinski definition) is 1. The minimum Gasteiger partial charge on any atom is -0.443 e. The highest BCUT2D eigenvalue weighted by Crippen LogP contribution is 2.26. The van der Waals surface area contributed by atoms with Crippen molar-refractivity contribution in [3.63, 3.8) is 0 Å².